The second-order valence-electron chi connectivity index (χ2n) is 6.02. The number of nitriles is 1. The molecular weight excluding hydrogens is 266 g/mol. The predicted octanol–water partition coefficient (Wildman–Crippen LogP) is 1.93. The van der Waals surface area contributed by atoms with E-state index in [-0.39, 0.29) is 18.2 Å². The minimum Gasteiger partial charge on any atom is -0.394 e. The van der Waals surface area contributed by atoms with Crippen LogP contribution in [0.2, 0.25) is 0 Å². The van der Waals surface area contributed by atoms with E-state index in [0.29, 0.717) is 17.2 Å². The molecule has 1 fully saturated rings. The van der Waals surface area contributed by atoms with Crippen LogP contribution in [0.5, 0.6) is 0 Å². The zero-order valence-electron chi connectivity index (χ0n) is 12.5. The summed E-state index contributed by atoms with van der Waals surface area (Å²) in [4.78, 5) is 16.5. The first-order valence-electron chi connectivity index (χ1n) is 7.31. The molecule has 0 saturated heterocycles. The van der Waals surface area contributed by atoms with Gasteiger partial charge in [0.15, 0.2) is 0 Å². The van der Waals surface area contributed by atoms with Gasteiger partial charge in [-0.15, -0.1) is 0 Å². The maximum Gasteiger partial charge on any atom is 0.270 e. The van der Waals surface area contributed by atoms with E-state index in [1.165, 1.54) is 0 Å². The summed E-state index contributed by atoms with van der Waals surface area (Å²) in [6, 6.07) is 5.19. The van der Waals surface area contributed by atoms with Gasteiger partial charge in [0.25, 0.3) is 5.91 Å². The third-order valence-corrected chi connectivity index (χ3v) is 4.35. The molecule has 5 nitrogen and oxygen atoms in total. The van der Waals surface area contributed by atoms with Gasteiger partial charge in [0.1, 0.15) is 11.8 Å². The zero-order chi connectivity index (χ0) is 15.5. The molecule has 0 aromatic carbocycles. The molecule has 112 valence electrons. The summed E-state index contributed by atoms with van der Waals surface area (Å²) >= 11 is 0. The molecule has 1 aromatic rings. The Kier molecular flexibility index (Phi) is 4.59. The average Bonchev–Trinajstić information content (AvgIpc) is 2.49. The third-order valence-electron chi connectivity index (χ3n) is 4.35. The van der Waals surface area contributed by atoms with Crippen molar-refractivity contribution >= 4 is 5.91 Å². The summed E-state index contributed by atoms with van der Waals surface area (Å²) < 4.78 is 0. The maximum atomic E-state index is 12.3. The van der Waals surface area contributed by atoms with Gasteiger partial charge < -0.3 is 10.4 Å². The van der Waals surface area contributed by atoms with Gasteiger partial charge in [-0.1, -0.05) is 6.92 Å². The normalized spacial score (nSPS) is 25.1. The van der Waals surface area contributed by atoms with E-state index in [4.69, 9.17) is 5.26 Å². The molecule has 21 heavy (non-hydrogen) atoms. The highest BCUT2D eigenvalue weighted by Crippen LogP contribution is 2.31. The Bertz CT molecular complexity index is 569. The number of aromatic nitrogens is 1. The van der Waals surface area contributed by atoms with Crippen LogP contribution in [0.3, 0.4) is 0 Å². The van der Waals surface area contributed by atoms with E-state index < -0.39 is 5.54 Å². The number of nitrogens with zero attached hydrogens (tertiary/aromatic N) is 2. The van der Waals surface area contributed by atoms with Crippen molar-refractivity contribution in [1.29, 1.82) is 5.26 Å². The Labute approximate surface area is 125 Å². The van der Waals surface area contributed by atoms with Gasteiger partial charge in [0, 0.05) is 0 Å². The van der Waals surface area contributed by atoms with Crippen molar-refractivity contribution in [2.75, 3.05) is 6.61 Å². The number of rotatable bonds is 3. The Morgan fingerprint density at radius 2 is 2.19 bits per heavy atom. The van der Waals surface area contributed by atoms with E-state index >= 15 is 0 Å². The van der Waals surface area contributed by atoms with Crippen LogP contribution in [-0.2, 0) is 0 Å². The van der Waals surface area contributed by atoms with E-state index in [0.717, 1.165) is 25.7 Å². The van der Waals surface area contributed by atoms with Crippen molar-refractivity contribution in [2.24, 2.45) is 5.92 Å². The van der Waals surface area contributed by atoms with E-state index in [1.54, 1.807) is 19.1 Å². The smallest absolute Gasteiger partial charge is 0.270 e. The average molecular weight is 287 g/mol. The Hall–Kier alpha value is -1.93. The van der Waals surface area contributed by atoms with Gasteiger partial charge in [-0.2, -0.15) is 5.26 Å². The van der Waals surface area contributed by atoms with Crippen LogP contribution >= 0.6 is 0 Å². The predicted molar refractivity (Wildman–Crippen MR) is 78.6 cm³/mol. The number of hydrogen-bond donors (Lipinski definition) is 2. The number of nitrogens with one attached hydrogen (secondary N) is 1. The van der Waals surface area contributed by atoms with E-state index in [1.807, 2.05) is 6.07 Å². The summed E-state index contributed by atoms with van der Waals surface area (Å²) in [6.45, 7) is 3.84. The van der Waals surface area contributed by atoms with Crippen molar-refractivity contribution in [1.82, 2.24) is 10.3 Å². The molecule has 0 radical (unpaired) electrons. The standard InChI is InChI=1S/C16H21N3O2/c1-11-5-7-16(10-20,8-6-11)19-15(21)14-4-3-13(9-17)12(2)18-14/h3-4,11,20H,5-8,10H2,1-2H3,(H,19,21). The SMILES string of the molecule is Cc1nc(C(=O)NC2(CO)CCC(C)CC2)ccc1C#N. The lowest BCUT2D eigenvalue weighted by Crippen LogP contribution is -2.53. The molecule has 1 amide bonds. The summed E-state index contributed by atoms with van der Waals surface area (Å²) in [7, 11) is 0. The lowest BCUT2D eigenvalue weighted by molar-refractivity contribution is 0.0712. The molecule has 0 unspecified atom stereocenters. The first-order chi connectivity index (χ1) is 9.99. The van der Waals surface area contributed by atoms with Gasteiger partial charge >= 0.3 is 0 Å². The highest BCUT2D eigenvalue weighted by atomic mass is 16.3. The Balaban J connectivity index is 2.13. The molecule has 1 heterocycles. The highest BCUT2D eigenvalue weighted by molar-refractivity contribution is 5.93. The lowest BCUT2D eigenvalue weighted by atomic mass is 9.77. The van der Waals surface area contributed by atoms with Crippen LogP contribution < -0.4 is 5.32 Å². The molecule has 0 bridgehead atoms. The Morgan fingerprint density at radius 3 is 2.71 bits per heavy atom. The lowest BCUT2D eigenvalue weighted by Gasteiger charge is -2.38. The fourth-order valence-electron chi connectivity index (χ4n) is 2.75. The number of aliphatic hydroxyl groups excluding tert-OH is 1. The quantitative estimate of drug-likeness (QED) is 0.889. The van der Waals surface area contributed by atoms with Crippen molar-refractivity contribution in [3.63, 3.8) is 0 Å². The molecule has 0 aliphatic heterocycles. The van der Waals surface area contributed by atoms with Gasteiger partial charge in [-0.25, -0.2) is 4.98 Å². The molecule has 2 N–H and O–H groups in total. The third kappa shape index (κ3) is 3.40. The minimum atomic E-state index is -0.535. The monoisotopic (exact) mass is 287 g/mol. The number of aliphatic hydroxyl groups is 1. The number of pyridine rings is 1. The number of aryl methyl sites for hydroxylation is 1. The van der Waals surface area contributed by atoms with Crippen molar-refractivity contribution in [3.05, 3.63) is 29.1 Å². The highest BCUT2D eigenvalue weighted by Gasteiger charge is 2.35. The topological polar surface area (TPSA) is 86.0 Å². The van der Waals surface area contributed by atoms with Crippen molar-refractivity contribution in [3.8, 4) is 6.07 Å². The van der Waals surface area contributed by atoms with Crippen LogP contribution in [0.1, 0.15) is 54.4 Å². The summed E-state index contributed by atoms with van der Waals surface area (Å²) in [5.74, 6) is 0.350. The minimum absolute atomic E-state index is 0.0548. The fourth-order valence-corrected chi connectivity index (χ4v) is 2.75. The van der Waals surface area contributed by atoms with Crippen LogP contribution in [0.15, 0.2) is 12.1 Å². The van der Waals surface area contributed by atoms with Crippen LogP contribution in [-0.4, -0.2) is 28.1 Å². The van der Waals surface area contributed by atoms with Crippen molar-refractivity contribution in [2.45, 2.75) is 45.1 Å². The molecule has 1 aliphatic rings. The molecule has 5 heteroatoms. The second-order valence-corrected chi connectivity index (χ2v) is 6.02. The van der Waals surface area contributed by atoms with Crippen LogP contribution in [0.25, 0.3) is 0 Å². The van der Waals surface area contributed by atoms with Gasteiger partial charge in [0.05, 0.1) is 23.4 Å². The van der Waals surface area contributed by atoms with Gasteiger partial charge in [0.2, 0.25) is 0 Å². The summed E-state index contributed by atoms with van der Waals surface area (Å²) in [5.41, 5.74) is 0.765. The van der Waals surface area contributed by atoms with E-state index in [2.05, 4.69) is 17.2 Å². The molecule has 0 atom stereocenters. The zero-order valence-corrected chi connectivity index (χ0v) is 12.5. The largest absolute Gasteiger partial charge is 0.394 e. The molecule has 2 rings (SSSR count). The molecule has 0 spiro atoms. The fraction of sp³-hybridized carbons (Fsp3) is 0.562. The second kappa shape index (κ2) is 6.23. The van der Waals surface area contributed by atoms with E-state index in [9.17, 15) is 9.90 Å². The van der Waals surface area contributed by atoms with Gasteiger partial charge in [-0.05, 0) is 50.7 Å². The van der Waals surface area contributed by atoms with Crippen LogP contribution in [0.4, 0.5) is 0 Å². The Morgan fingerprint density at radius 1 is 1.52 bits per heavy atom. The number of carbonyl (C=O) groups is 1. The number of hydrogen-bond acceptors (Lipinski definition) is 4. The first kappa shape index (κ1) is 15.5. The summed E-state index contributed by atoms with van der Waals surface area (Å²) in [6.07, 6.45) is 3.57. The first-order valence-corrected chi connectivity index (χ1v) is 7.31. The summed E-state index contributed by atoms with van der Waals surface area (Å²) in [5, 5.41) is 21.5. The number of amides is 1. The molecular formula is C16H21N3O2. The maximum absolute atomic E-state index is 12.3. The molecule has 1 saturated carbocycles. The number of carbonyl (C=O) groups excluding carboxylic acids is 1. The van der Waals surface area contributed by atoms with Gasteiger partial charge in [-0.3, -0.25) is 4.79 Å². The molecule has 1 aromatic heterocycles. The molecule has 1 aliphatic carbocycles. The van der Waals surface area contributed by atoms with Crippen LogP contribution in [0, 0.1) is 24.2 Å². The van der Waals surface area contributed by atoms with Crippen molar-refractivity contribution < 1.29 is 9.90 Å².